The zero-order valence-corrected chi connectivity index (χ0v) is 9.28. The lowest BCUT2D eigenvalue weighted by atomic mass is 10.5. The molecule has 0 aliphatic rings. The maximum Gasteiger partial charge on any atom is 0.316 e. The van der Waals surface area contributed by atoms with Crippen molar-refractivity contribution >= 4 is 0 Å². The van der Waals surface area contributed by atoms with Gasteiger partial charge < -0.3 is 9.47 Å². The van der Waals surface area contributed by atoms with Crippen LogP contribution in [0, 0.1) is 6.92 Å². The largest absolute Gasteiger partial charge is 0.461 e. The van der Waals surface area contributed by atoms with Gasteiger partial charge in [0.2, 0.25) is 0 Å². The molecule has 0 aromatic carbocycles. The average Bonchev–Trinajstić information content (AvgIpc) is 2.21. The van der Waals surface area contributed by atoms with Crippen LogP contribution in [0.25, 0.3) is 0 Å². The molecule has 0 unspecified atom stereocenters. The monoisotopic (exact) mass is 198 g/mol. The molecule has 0 atom stereocenters. The highest BCUT2D eigenvalue weighted by Gasteiger charge is 1.95. The van der Waals surface area contributed by atoms with E-state index in [0.717, 1.165) is 5.69 Å². The molecule has 1 aromatic rings. The summed E-state index contributed by atoms with van der Waals surface area (Å²) in [5, 5.41) is 0. The van der Waals surface area contributed by atoms with Crippen LogP contribution >= 0.6 is 0 Å². The molecule has 1 heterocycles. The lowest BCUT2D eigenvalue weighted by molar-refractivity contribution is 0.140. The van der Waals surface area contributed by atoms with Gasteiger partial charge in [-0.05, 0) is 13.0 Å². The van der Waals surface area contributed by atoms with E-state index in [1.165, 1.54) is 0 Å². The molecule has 80 valence electrons. The number of hydrogen-bond donors (Lipinski definition) is 0. The summed E-state index contributed by atoms with van der Waals surface area (Å²) in [5.74, 6) is 0. The second-order valence-electron chi connectivity index (χ2n) is 2.32. The van der Waals surface area contributed by atoms with Crippen LogP contribution in [0.15, 0.2) is 12.3 Å². The second kappa shape index (κ2) is 8.44. The summed E-state index contributed by atoms with van der Waals surface area (Å²) in [6.07, 6.45) is 1.67. The Morgan fingerprint density at radius 2 is 2.00 bits per heavy atom. The fourth-order valence-corrected chi connectivity index (χ4v) is 0.712. The Morgan fingerprint density at radius 3 is 2.57 bits per heavy atom. The van der Waals surface area contributed by atoms with Crippen molar-refractivity contribution in [3.63, 3.8) is 0 Å². The molecule has 0 radical (unpaired) electrons. The Morgan fingerprint density at radius 1 is 1.29 bits per heavy atom. The van der Waals surface area contributed by atoms with Crippen molar-refractivity contribution in [1.82, 2.24) is 9.97 Å². The zero-order valence-electron chi connectivity index (χ0n) is 9.28. The van der Waals surface area contributed by atoms with Gasteiger partial charge in [0.1, 0.15) is 6.61 Å². The number of ether oxygens (including phenoxy) is 2. The van der Waals surface area contributed by atoms with E-state index in [1.807, 2.05) is 26.8 Å². The maximum absolute atomic E-state index is 5.18. The van der Waals surface area contributed by atoms with E-state index < -0.39 is 0 Å². The quantitative estimate of drug-likeness (QED) is 0.692. The highest BCUT2D eigenvalue weighted by atomic mass is 16.5. The number of methoxy groups -OCH3 is 1. The van der Waals surface area contributed by atoms with E-state index >= 15 is 0 Å². The van der Waals surface area contributed by atoms with E-state index in [2.05, 4.69) is 9.97 Å². The van der Waals surface area contributed by atoms with Gasteiger partial charge in [0.25, 0.3) is 0 Å². The minimum atomic E-state index is 0.409. The van der Waals surface area contributed by atoms with Crippen LogP contribution in [-0.4, -0.2) is 30.3 Å². The van der Waals surface area contributed by atoms with E-state index in [9.17, 15) is 0 Å². The third-order valence-corrected chi connectivity index (χ3v) is 1.29. The Balaban J connectivity index is 0.000000791. The number of hydrogen-bond acceptors (Lipinski definition) is 4. The lowest BCUT2D eigenvalue weighted by Gasteiger charge is -2.02. The van der Waals surface area contributed by atoms with Crippen LogP contribution in [0.4, 0.5) is 0 Å². The summed E-state index contributed by atoms with van der Waals surface area (Å²) in [6.45, 7) is 6.93. The number of nitrogens with zero attached hydrogens (tertiary/aromatic N) is 2. The molecule has 0 amide bonds. The summed E-state index contributed by atoms with van der Waals surface area (Å²) in [6, 6.07) is 2.23. The molecule has 0 N–H and O–H groups in total. The molecule has 0 spiro atoms. The molecule has 1 rings (SSSR count). The standard InChI is InChI=1S/C8H12N2O2.C2H6/c1-7-3-4-9-8(10-7)12-6-5-11-2;1-2/h3-4H,5-6H2,1-2H3;1-2H3. The van der Waals surface area contributed by atoms with Gasteiger partial charge in [-0.25, -0.2) is 9.97 Å². The topological polar surface area (TPSA) is 44.2 Å². The summed E-state index contributed by atoms with van der Waals surface area (Å²) in [7, 11) is 1.63. The zero-order chi connectivity index (χ0) is 10.8. The first kappa shape index (κ1) is 12.8. The van der Waals surface area contributed by atoms with Gasteiger partial charge in [-0.2, -0.15) is 0 Å². The molecule has 14 heavy (non-hydrogen) atoms. The Bertz CT molecular complexity index is 241. The molecule has 0 aliphatic carbocycles. The number of rotatable bonds is 4. The third kappa shape index (κ3) is 5.48. The van der Waals surface area contributed by atoms with Gasteiger partial charge in [0.05, 0.1) is 6.61 Å². The van der Waals surface area contributed by atoms with Crippen LogP contribution in [0.5, 0.6) is 6.01 Å². The van der Waals surface area contributed by atoms with Gasteiger partial charge in [-0.15, -0.1) is 0 Å². The van der Waals surface area contributed by atoms with Crippen molar-refractivity contribution in [2.75, 3.05) is 20.3 Å². The molecule has 0 saturated carbocycles. The fourth-order valence-electron chi connectivity index (χ4n) is 0.712. The minimum Gasteiger partial charge on any atom is -0.461 e. The van der Waals surface area contributed by atoms with Crippen molar-refractivity contribution in [2.45, 2.75) is 20.8 Å². The average molecular weight is 198 g/mol. The first-order valence-corrected chi connectivity index (χ1v) is 4.74. The Kier molecular flexibility index (Phi) is 7.74. The van der Waals surface area contributed by atoms with Crippen molar-refractivity contribution in [3.05, 3.63) is 18.0 Å². The number of aryl methyl sites for hydroxylation is 1. The van der Waals surface area contributed by atoms with Crippen molar-refractivity contribution in [3.8, 4) is 6.01 Å². The summed E-state index contributed by atoms with van der Waals surface area (Å²) < 4.78 is 9.99. The molecule has 0 saturated heterocycles. The van der Waals surface area contributed by atoms with E-state index in [4.69, 9.17) is 9.47 Å². The molecule has 1 aromatic heterocycles. The Labute approximate surface area is 85.3 Å². The first-order chi connectivity index (χ1) is 6.83. The van der Waals surface area contributed by atoms with Crippen LogP contribution < -0.4 is 4.74 Å². The fraction of sp³-hybridized carbons (Fsp3) is 0.600. The number of aromatic nitrogens is 2. The van der Waals surface area contributed by atoms with Gasteiger partial charge >= 0.3 is 6.01 Å². The highest BCUT2D eigenvalue weighted by Crippen LogP contribution is 2.00. The molecular weight excluding hydrogens is 180 g/mol. The minimum absolute atomic E-state index is 0.409. The van der Waals surface area contributed by atoms with E-state index in [-0.39, 0.29) is 0 Å². The highest BCUT2D eigenvalue weighted by molar-refractivity contribution is 5.02. The predicted octanol–water partition coefficient (Wildman–Crippen LogP) is 1.84. The lowest BCUT2D eigenvalue weighted by Crippen LogP contribution is -2.06. The summed E-state index contributed by atoms with van der Waals surface area (Å²) in [4.78, 5) is 7.98. The van der Waals surface area contributed by atoms with Gasteiger partial charge in [0.15, 0.2) is 0 Å². The smallest absolute Gasteiger partial charge is 0.316 e. The van der Waals surface area contributed by atoms with Gasteiger partial charge in [-0.1, -0.05) is 13.8 Å². The van der Waals surface area contributed by atoms with Crippen molar-refractivity contribution in [1.29, 1.82) is 0 Å². The second-order valence-corrected chi connectivity index (χ2v) is 2.32. The molecule has 0 bridgehead atoms. The van der Waals surface area contributed by atoms with Gasteiger partial charge in [0, 0.05) is 19.0 Å². The maximum atomic E-state index is 5.18. The SMILES string of the molecule is CC.COCCOc1nccc(C)n1. The molecule has 4 nitrogen and oxygen atoms in total. The Hall–Kier alpha value is -1.16. The van der Waals surface area contributed by atoms with E-state index in [1.54, 1.807) is 13.3 Å². The van der Waals surface area contributed by atoms with Crippen LogP contribution in [0.3, 0.4) is 0 Å². The van der Waals surface area contributed by atoms with E-state index in [0.29, 0.717) is 19.2 Å². The third-order valence-electron chi connectivity index (χ3n) is 1.29. The van der Waals surface area contributed by atoms with Crippen LogP contribution in [-0.2, 0) is 4.74 Å². The normalized spacial score (nSPS) is 8.86. The van der Waals surface area contributed by atoms with Crippen LogP contribution in [0.2, 0.25) is 0 Å². The van der Waals surface area contributed by atoms with Crippen molar-refractivity contribution in [2.24, 2.45) is 0 Å². The molecule has 4 heteroatoms. The van der Waals surface area contributed by atoms with Crippen molar-refractivity contribution < 1.29 is 9.47 Å². The molecular formula is C10H18N2O2. The van der Waals surface area contributed by atoms with Crippen LogP contribution in [0.1, 0.15) is 19.5 Å². The summed E-state index contributed by atoms with van der Waals surface area (Å²) >= 11 is 0. The first-order valence-electron chi connectivity index (χ1n) is 4.74. The molecule has 0 fully saturated rings. The summed E-state index contributed by atoms with van der Waals surface area (Å²) in [5.41, 5.74) is 0.900. The molecule has 0 aliphatic heterocycles. The van der Waals surface area contributed by atoms with Gasteiger partial charge in [-0.3, -0.25) is 0 Å². The predicted molar refractivity (Wildman–Crippen MR) is 55.5 cm³/mol.